The van der Waals surface area contributed by atoms with Gasteiger partial charge < -0.3 is 5.32 Å². The van der Waals surface area contributed by atoms with Gasteiger partial charge in [-0.25, -0.2) is 0 Å². The first-order valence-electron chi connectivity index (χ1n) is 4.76. The van der Waals surface area contributed by atoms with E-state index in [4.69, 9.17) is 0 Å². The first-order valence-corrected chi connectivity index (χ1v) is 4.76. The van der Waals surface area contributed by atoms with Gasteiger partial charge in [0, 0.05) is 5.54 Å². The molecule has 0 amide bonds. The van der Waals surface area contributed by atoms with E-state index in [1.165, 1.54) is 19.4 Å². The molecular weight excluding hydrogens is 134 g/mol. The van der Waals surface area contributed by atoms with Gasteiger partial charge in [-0.05, 0) is 45.1 Å². The lowest BCUT2D eigenvalue weighted by Crippen LogP contribution is -2.47. The summed E-state index contributed by atoms with van der Waals surface area (Å²) >= 11 is 0. The molecule has 0 spiro atoms. The van der Waals surface area contributed by atoms with Gasteiger partial charge in [0.1, 0.15) is 0 Å². The van der Waals surface area contributed by atoms with E-state index in [-0.39, 0.29) is 0 Å². The minimum absolute atomic E-state index is 0.394. The largest absolute Gasteiger partial charge is 0.312 e. The van der Waals surface area contributed by atoms with Crippen LogP contribution in [0, 0.1) is 11.8 Å². The van der Waals surface area contributed by atoms with E-state index in [9.17, 15) is 0 Å². The second kappa shape index (κ2) is 3.14. The fourth-order valence-electron chi connectivity index (χ4n) is 1.71. The van der Waals surface area contributed by atoms with Gasteiger partial charge in [0.05, 0.1) is 0 Å². The summed E-state index contributed by atoms with van der Waals surface area (Å²) in [6.07, 6.45) is 2.73. The van der Waals surface area contributed by atoms with Crippen LogP contribution in [-0.4, -0.2) is 12.1 Å². The summed E-state index contributed by atoms with van der Waals surface area (Å²) in [5, 5.41) is 3.59. The van der Waals surface area contributed by atoms with Crippen molar-refractivity contribution < 1.29 is 0 Å². The Balaban J connectivity index is 2.36. The number of hydrogen-bond donors (Lipinski definition) is 1. The lowest BCUT2D eigenvalue weighted by Gasteiger charge is -2.37. The quantitative estimate of drug-likeness (QED) is 0.613. The summed E-state index contributed by atoms with van der Waals surface area (Å²) in [4.78, 5) is 0. The van der Waals surface area contributed by atoms with Gasteiger partial charge in [-0.2, -0.15) is 0 Å². The van der Waals surface area contributed by atoms with Crippen LogP contribution < -0.4 is 5.32 Å². The number of rotatable bonds is 1. The molecule has 1 heteroatoms. The van der Waals surface area contributed by atoms with Crippen LogP contribution in [0.3, 0.4) is 0 Å². The molecule has 1 atom stereocenters. The van der Waals surface area contributed by atoms with Crippen molar-refractivity contribution in [3.8, 4) is 0 Å². The molecule has 1 rings (SSSR count). The molecule has 0 aromatic rings. The third-order valence-electron chi connectivity index (χ3n) is 2.93. The molecule has 0 aromatic heterocycles. The number of piperidine rings is 1. The standard InChI is InChI=1S/C10H21N/c1-8(2)9-5-6-10(3,4)11-7-9/h8-9,11H,5-7H2,1-4H3/t9-/m1/s1. The highest BCUT2D eigenvalue weighted by Gasteiger charge is 2.27. The van der Waals surface area contributed by atoms with Crippen LogP contribution in [0.4, 0.5) is 0 Å². The molecule has 1 aliphatic heterocycles. The van der Waals surface area contributed by atoms with Crippen LogP contribution in [0.5, 0.6) is 0 Å². The predicted molar refractivity (Wildman–Crippen MR) is 49.6 cm³/mol. The third-order valence-corrected chi connectivity index (χ3v) is 2.93. The fourth-order valence-corrected chi connectivity index (χ4v) is 1.71. The van der Waals surface area contributed by atoms with Crippen LogP contribution in [0.2, 0.25) is 0 Å². The molecule has 1 saturated heterocycles. The Labute approximate surface area is 70.6 Å². The van der Waals surface area contributed by atoms with E-state index < -0.39 is 0 Å². The second-order valence-electron chi connectivity index (χ2n) is 4.81. The van der Waals surface area contributed by atoms with E-state index >= 15 is 0 Å². The monoisotopic (exact) mass is 155 g/mol. The van der Waals surface area contributed by atoms with E-state index in [2.05, 4.69) is 33.0 Å². The zero-order valence-corrected chi connectivity index (χ0v) is 8.28. The molecule has 66 valence electrons. The Hall–Kier alpha value is -0.0400. The van der Waals surface area contributed by atoms with Gasteiger partial charge in [0.25, 0.3) is 0 Å². The van der Waals surface area contributed by atoms with Gasteiger partial charge >= 0.3 is 0 Å². The average molecular weight is 155 g/mol. The molecule has 0 bridgehead atoms. The molecule has 1 nitrogen and oxygen atoms in total. The predicted octanol–water partition coefficient (Wildman–Crippen LogP) is 2.42. The summed E-state index contributed by atoms with van der Waals surface area (Å²) in [6, 6.07) is 0. The van der Waals surface area contributed by atoms with E-state index in [0.717, 1.165) is 11.8 Å². The first-order chi connectivity index (χ1) is 5.01. The summed E-state index contributed by atoms with van der Waals surface area (Å²) in [5.41, 5.74) is 0.394. The Kier molecular flexibility index (Phi) is 2.58. The highest BCUT2D eigenvalue weighted by atomic mass is 15.0. The van der Waals surface area contributed by atoms with Crippen LogP contribution >= 0.6 is 0 Å². The molecular formula is C10H21N. The SMILES string of the molecule is CC(C)[C@@H]1CCC(C)(C)NC1. The average Bonchev–Trinajstić information content (AvgIpc) is 1.86. The molecule has 1 heterocycles. The van der Waals surface area contributed by atoms with Crippen molar-refractivity contribution in [2.24, 2.45) is 11.8 Å². The Bertz CT molecular complexity index is 117. The van der Waals surface area contributed by atoms with Crippen molar-refractivity contribution in [2.75, 3.05) is 6.54 Å². The smallest absolute Gasteiger partial charge is 0.0125 e. The minimum Gasteiger partial charge on any atom is -0.312 e. The van der Waals surface area contributed by atoms with Gasteiger partial charge in [-0.3, -0.25) is 0 Å². The zero-order chi connectivity index (χ0) is 8.48. The van der Waals surface area contributed by atoms with Gasteiger partial charge in [0.2, 0.25) is 0 Å². The summed E-state index contributed by atoms with van der Waals surface area (Å²) in [7, 11) is 0. The van der Waals surface area contributed by atoms with Crippen LogP contribution in [-0.2, 0) is 0 Å². The maximum absolute atomic E-state index is 3.59. The fraction of sp³-hybridized carbons (Fsp3) is 1.00. The number of nitrogens with one attached hydrogen (secondary N) is 1. The Morgan fingerprint density at radius 3 is 2.36 bits per heavy atom. The molecule has 1 aliphatic rings. The minimum atomic E-state index is 0.394. The maximum Gasteiger partial charge on any atom is 0.0125 e. The van der Waals surface area contributed by atoms with Gasteiger partial charge in [0.15, 0.2) is 0 Å². The van der Waals surface area contributed by atoms with Crippen molar-refractivity contribution in [3.63, 3.8) is 0 Å². The lowest BCUT2D eigenvalue weighted by molar-refractivity contribution is 0.203. The summed E-state index contributed by atoms with van der Waals surface area (Å²) < 4.78 is 0. The van der Waals surface area contributed by atoms with Crippen molar-refractivity contribution >= 4 is 0 Å². The van der Waals surface area contributed by atoms with E-state index in [1.54, 1.807) is 0 Å². The molecule has 0 aromatic carbocycles. The van der Waals surface area contributed by atoms with Crippen molar-refractivity contribution in [1.82, 2.24) is 5.32 Å². The molecule has 0 saturated carbocycles. The zero-order valence-electron chi connectivity index (χ0n) is 8.28. The molecule has 0 aliphatic carbocycles. The van der Waals surface area contributed by atoms with Crippen molar-refractivity contribution in [1.29, 1.82) is 0 Å². The van der Waals surface area contributed by atoms with E-state index in [1.807, 2.05) is 0 Å². The highest BCUT2D eigenvalue weighted by Crippen LogP contribution is 2.26. The molecule has 1 fully saturated rings. The normalized spacial score (nSPS) is 30.8. The van der Waals surface area contributed by atoms with E-state index in [0.29, 0.717) is 5.54 Å². The van der Waals surface area contributed by atoms with Crippen LogP contribution in [0.1, 0.15) is 40.5 Å². The maximum atomic E-state index is 3.59. The third kappa shape index (κ3) is 2.48. The van der Waals surface area contributed by atoms with Gasteiger partial charge in [-0.1, -0.05) is 13.8 Å². The van der Waals surface area contributed by atoms with Crippen molar-refractivity contribution in [3.05, 3.63) is 0 Å². The summed E-state index contributed by atoms with van der Waals surface area (Å²) in [6.45, 7) is 10.5. The van der Waals surface area contributed by atoms with Gasteiger partial charge in [-0.15, -0.1) is 0 Å². The first kappa shape index (κ1) is 9.05. The van der Waals surface area contributed by atoms with Crippen LogP contribution in [0.15, 0.2) is 0 Å². The van der Waals surface area contributed by atoms with Crippen LogP contribution in [0.25, 0.3) is 0 Å². The van der Waals surface area contributed by atoms with Crippen molar-refractivity contribution in [2.45, 2.75) is 46.1 Å². The molecule has 0 radical (unpaired) electrons. The Morgan fingerprint density at radius 2 is 2.00 bits per heavy atom. The topological polar surface area (TPSA) is 12.0 Å². The second-order valence-corrected chi connectivity index (χ2v) is 4.81. The number of hydrogen-bond acceptors (Lipinski definition) is 1. The Morgan fingerprint density at radius 1 is 1.36 bits per heavy atom. The molecule has 0 unspecified atom stereocenters. The molecule has 1 N–H and O–H groups in total. The lowest BCUT2D eigenvalue weighted by atomic mass is 9.82. The molecule has 11 heavy (non-hydrogen) atoms. The summed E-state index contributed by atoms with van der Waals surface area (Å²) in [5.74, 6) is 1.75. The highest BCUT2D eigenvalue weighted by molar-refractivity contribution is 4.85.